The van der Waals surface area contributed by atoms with Crippen molar-refractivity contribution in [3.8, 4) is 0 Å². The standard InChI is InChI=1S/C25H24ClNO8S/c1-17-6-8-18(9-7-17)36(30,31)34-16-25(33-13-12-32-11-10-26)21-14-20-19-4-2-3-5-23(19)35-24(20)15-22(21)27(28)29/h2-9,14-15,25H,10-13,16H2,1H3. The van der Waals surface area contributed by atoms with E-state index in [2.05, 4.69) is 0 Å². The van der Waals surface area contributed by atoms with Gasteiger partial charge in [-0.1, -0.05) is 35.9 Å². The highest BCUT2D eigenvalue weighted by atomic mass is 35.5. The minimum absolute atomic E-state index is 0.0249. The van der Waals surface area contributed by atoms with Crippen molar-refractivity contribution >= 4 is 49.3 Å². The third-order valence-corrected chi connectivity index (χ3v) is 6.97. The van der Waals surface area contributed by atoms with Crippen molar-refractivity contribution in [2.24, 2.45) is 0 Å². The summed E-state index contributed by atoms with van der Waals surface area (Å²) in [6.45, 7) is 1.87. The molecule has 0 saturated heterocycles. The van der Waals surface area contributed by atoms with Crippen molar-refractivity contribution in [3.05, 3.63) is 81.9 Å². The van der Waals surface area contributed by atoms with Crippen LogP contribution in [-0.2, 0) is 23.8 Å². The Morgan fingerprint density at radius 3 is 2.47 bits per heavy atom. The van der Waals surface area contributed by atoms with Gasteiger partial charge in [-0.05, 0) is 31.2 Å². The van der Waals surface area contributed by atoms with Crippen molar-refractivity contribution < 1.29 is 31.4 Å². The number of alkyl halides is 1. The maximum atomic E-state index is 12.8. The Morgan fingerprint density at radius 1 is 1.00 bits per heavy atom. The lowest BCUT2D eigenvalue weighted by atomic mass is 10.0. The van der Waals surface area contributed by atoms with Gasteiger partial charge < -0.3 is 13.9 Å². The van der Waals surface area contributed by atoms with Crippen LogP contribution in [0.15, 0.2) is 70.0 Å². The van der Waals surface area contributed by atoms with Crippen molar-refractivity contribution in [2.45, 2.75) is 17.9 Å². The van der Waals surface area contributed by atoms with Crippen molar-refractivity contribution in [3.63, 3.8) is 0 Å². The Bertz CT molecular complexity index is 1470. The van der Waals surface area contributed by atoms with Gasteiger partial charge in [-0.25, -0.2) is 0 Å². The molecule has 190 valence electrons. The molecule has 0 bridgehead atoms. The number of halogens is 1. The van der Waals surface area contributed by atoms with Crippen LogP contribution in [0.1, 0.15) is 17.2 Å². The van der Waals surface area contributed by atoms with E-state index in [9.17, 15) is 18.5 Å². The minimum Gasteiger partial charge on any atom is -0.456 e. The number of nitro groups is 1. The molecule has 0 fully saturated rings. The van der Waals surface area contributed by atoms with Crippen LogP contribution in [-0.4, -0.2) is 45.6 Å². The molecule has 0 N–H and O–H groups in total. The molecule has 1 atom stereocenters. The molecule has 0 aliphatic rings. The van der Waals surface area contributed by atoms with Gasteiger partial charge >= 0.3 is 0 Å². The van der Waals surface area contributed by atoms with Gasteiger partial charge in [-0.3, -0.25) is 14.3 Å². The Kier molecular flexibility index (Phi) is 8.22. The second kappa shape index (κ2) is 11.4. The summed E-state index contributed by atoms with van der Waals surface area (Å²) in [6, 6.07) is 16.3. The quantitative estimate of drug-likeness (QED) is 0.0767. The molecular weight excluding hydrogens is 510 g/mol. The average molecular weight is 534 g/mol. The molecule has 0 aliphatic carbocycles. The molecule has 0 radical (unpaired) electrons. The van der Waals surface area contributed by atoms with E-state index in [0.717, 1.165) is 10.9 Å². The van der Waals surface area contributed by atoms with Gasteiger partial charge in [0.2, 0.25) is 0 Å². The van der Waals surface area contributed by atoms with E-state index >= 15 is 0 Å². The molecule has 0 amide bonds. The molecule has 11 heteroatoms. The third-order valence-electron chi connectivity index (χ3n) is 5.52. The molecular formula is C25H24ClNO8S. The molecule has 3 aromatic carbocycles. The van der Waals surface area contributed by atoms with Crippen LogP contribution in [0.5, 0.6) is 0 Å². The molecule has 0 spiro atoms. The van der Waals surface area contributed by atoms with Gasteiger partial charge in [-0.2, -0.15) is 8.42 Å². The fraction of sp³-hybridized carbons (Fsp3) is 0.280. The highest BCUT2D eigenvalue weighted by molar-refractivity contribution is 7.86. The van der Waals surface area contributed by atoms with Crippen molar-refractivity contribution in [1.82, 2.24) is 0 Å². The van der Waals surface area contributed by atoms with Crippen LogP contribution < -0.4 is 0 Å². The highest BCUT2D eigenvalue weighted by Crippen LogP contribution is 2.37. The smallest absolute Gasteiger partial charge is 0.297 e. The summed E-state index contributed by atoms with van der Waals surface area (Å²) in [7, 11) is -4.14. The van der Waals surface area contributed by atoms with Crippen LogP contribution in [0.25, 0.3) is 21.9 Å². The zero-order valence-corrected chi connectivity index (χ0v) is 21.0. The van der Waals surface area contributed by atoms with E-state index in [0.29, 0.717) is 29.0 Å². The predicted octanol–water partition coefficient (Wildman–Crippen LogP) is 5.52. The molecule has 4 rings (SSSR count). The zero-order chi connectivity index (χ0) is 25.7. The summed E-state index contributed by atoms with van der Waals surface area (Å²) in [5, 5.41) is 13.4. The first-order valence-corrected chi connectivity index (χ1v) is 13.1. The van der Waals surface area contributed by atoms with E-state index < -0.39 is 27.8 Å². The maximum absolute atomic E-state index is 12.8. The molecule has 0 aliphatic heterocycles. The average Bonchev–Trinajstić information content (AvgIpc) is 3.23. The Hall–Kier alpha value is -3.02. The Morgan fingerprint density at radius 2 is 1.75 bits per heavy atom. The first-order valence-electron chi connectivity index (χ1n) is 11.1. The number of benzene rings is 3. The molecule has 36 heavy (non-hydrogen) atoms. The molecule has 1 unspecified atom stereocenters. The maximum Gasteiger partial charge on any atom is 0.297 e. The van der Waals surface area contributed by atoms with Crippen LogP contribution in [0.4, 0.5) is 5.69 Å². The van der Waals surface area contributed by atoms with Gasteiger partial charge in [0, 0.05) is 16.7 Å². The number of furan rings is 1. The second-order valence-corrected chi connectivity index (χ2v) is 9.97. The first-order chi connectivity index (χ1) is 17.3. The second-order valence-electron chi connectivity index (χ2n) is 7.97. The molecule has 9 nitrogen and oxygen atoms in total. The topological polar surface area (TPSA) is 118 Å². The van der Waals surface area contributed by atoms with Crippen LogP contribution in [0, 0.1) is 17.0 Å². The SMILES string of the molecule is Cc1ccc(S(=O)(=O)OCC(OCCOCCCl)c2cc3c(cc2[N+](=O)[O-])oc2ccccc23)cc1. The normalized spacial score (nSPS) is 12.8. The lowest BCUT2D eigenvalue weighted by Gasteiger charge is -2.19. The number of nitrogens with zero attached hydrogens (tertiary/aromatic N) is 1. The number of hydrogen-bond acceptors (Lipinski definition) is 8. The summed E-state index contributed by atoms with van der Waals surface area (Å²) in [6.07, 6.45) is -1.08. The number of para-hydroxylation sites is 1. The number of fused-ring (bicyclic) bond motifs is 3. The summed E-state index contributed by atoms with van der Waals surface area (Å²) < 4.78 is 47.9. The predicted molar refractivity (Wildman–Crippen MR) is 135 cm³/mol. The summed E-state index contributed by atoms with van der Waals surface area (Å²) >= 11 is 5.62. The summed E-state index contributed by atoms with van der Waals surface area (Å²) in [5.41, 5.74) is 1.69. The Labute approximate surface area is 212 Å². The zero-order valence-electron chi connectivity index (χ0n) is 19.4. The molecule has 1 aromatic heterocycles. The molecule has 1 heterocycles. The van der Waals surface area contributed by atoms with Gasteiger partial charge in [0.05, 0.1) is 47.9 Å². The Balaban J connectivity index is 1.70. The number of ether oxygens (including phenoxy) is 2. The van der Waals surface area contributed by atoms with Crippen LogP contribution in [0.2, 0.25) is 0 Å². The van der Waals surface area contributed by atoms with Gasteiger partial charge in [0.1, 0.15) is 17.3 Å². The molecule has 0 saturated carbocycles. The van der Waals surface area contributed by atoms with Gasteiger partial charge in [0.15, 0.2) is 0 Å². The number of hydrogen-bond donors (Lipinski definition) is 0. The molecule has 4 aromatic rings. The highest BCUT2D eigenvalue weighted by Gasteiger charge is 2.28. The van der Waals surface area contributed by atoms with E-state index in [-0.39, 0.29) is 29.4 Å². The third kappa shape index (κ3) is 5.85. The minimum atomic E-state index is -4.14. The van der Waals surface area contributed by atoms with Crippen molar-refractivity contribution in [1.29, 1.82) is 0 Å². The fourth-order valence-electron chi connectivity index (χ4n) is 3.75. The lowest BCUT2D eigenvalue weighted by molar-refractivity contribution is -0.386. The number of aryl methyl sites for hydroxylation is 1. The van der Waals surface area contributed by atoms with Crippen molar-refractivity contribution in [2.75, 3.05) is 32.3 Å². The van der Waals surface area contributed by atoms with E-state index in [1.54, 1.807) is 30.3 Å². The fourth-order valence-corrected chi connectivity index (χ4v) is 4.77. The van der Waals surface area contributed by atoms with Crippen LogP contribution >= 0.6 is 11.6 Å². The van der Waals surface area contributed by atoms with Gasteiger partial charge in [-0.15, -0.1) is 11.6 Å². The van der Waals surface area contributed by atoms with E-state index in [1.165, 1.54) is 18.2 Å². The van der Waals surface area contributed by atoms with E-state index in [1.807, 2.05) is 19.1 Å². The first kappa shape index (κ1) is 26.1. The summed E-state index contributed by atoms with van der Waals surface area (Å²) in [4.78, 5) is 11.4. The summed E-state index contributed by atoms with van der Waals surface area (Å²) in [5.74, 6) is 0.303. The van der Waals surface area contributed by atoms with Crippen LogP contribution in [0.3, 0.4) is 0 Å². The monoisotopic (exact) mass is 533 g/mol. The number of rotatable bonds is 12. The lowest BCUT2D eigenvalue weighted by Crippen LogP contribution is -2.19. The largest absolute Gasteiger partial charge is 0.456 e. The van der Waals surface area contributed by atoms with Gasteiger partial charge in [0.25, 0.3) is 15.8 Å². The van der Waals surface area contributed by atoms with E-state index in [4.69, 9.17) is 29.7 Å². The number of nitro benzene ring substituents is 1.